The summed E-state index contributed by atoms with van der Waals surface area (Å²) in [6.45, 7) is 1.85. The van der Waals surface area contributed by atoms with Crippen molar-refractivity contribution in [1.82, 2.24) is 9.97 Å². The molecule has 10 heteroatoms. The largest absolute Gasteiger partial charge is 0.417 e. The van der Waals surface area contributed by atoms with Gasteiger partial charge in [-0.15, -0.1) is 22.7 Å². The van der Waals surface area contributed by atoms with Crippen LogP contribution in [-0.4, -0.2) is 15.9 Å². The number of thiophene rings is 2. The molecule has 5 nitrogen and oxygen atoms in total. The predicted octanol–water partition coefficient (Wildman–Crippen LogP) is 5.58. The Morgan fingerprint density at radius 1 is 1.24 bits per heavy atom. The van der Waals surface area contributed by atoms with Gasteiger partial charge >= 0.3 is 6.18 Å². The Labute approximate surface area is 171 Å². The van der Waals surface area contributed by atoms with Crippen molar-refractivity contribution >= 4 is 50.3 Å². The minimum Gasteiger partial charge on any atom is -0.397 e. The van der Waals surface area contributed by atoms with Crippen molar-refractivity contribution in [3.05, 3.63) is 57.9 Å². The molecule has 0 aromatic carbocycles. The van der Waals surface area contributed by atoms with E-state index in [4.69, 9.17) is 5.73 Å². The fourth-order valence-electron chi connectivity index (χ4n) is 2.78. The van der Waals surface area contributed by atoms with Gasteiger partial charge in [-0.05, 0) is 36.1 Å². The number of anilines is 2. The number of alkyl halides is 3. The van der Waals surface area contributed by atoms with Crippen LogP contribution in [0.3, 0.4) is 0 Å². The van der Waals surface area contributed by atoms with Crippen molar-refractivity contribution < 1.29 is 18.0 Å². The van der Waals surface area contributed by atoms with Gasteiger partial charge in [-0.2, -0.15) is 13.2 Å². The Bertz CT molecular complexity index is 1200. The van der Waals surface area contributed by atoms with E-state index in [9.17, 15) is 18.0 Å². The molecule has 4 aromatic heterocycles. The molecule has 4 rings (SSSR count). The lowest BCUT2D eigenvalue weighted by Crippen LogP contribution is -2.13. The third-order valence-electron chi connectivity index (χ3n) is 4.14. The molecule has 0 unspecified atom stereocenters. The molecular weight excluding hydrogens is 421 g/mol. The highest BCUT2D eigenvalue weighted by Crippen LogP contribution is 2.44. The van der Waals surface area contributed by atoms with Crippen LogP contribution in [0.2, 0.25) is 0 Å². The van der Waals surface area contributed by atoms with Crippen LogP contribution in [0.15, 0.2) is 41.9 Å². The normalized spacial score (nSPS) is 11.7. The van der Waals surface area contributed by atoms with Crippen LogP contribution in [0.5, 0.6) is 0 Å². The van der Waals surface area contributed by atoms with E-state index in [0.29, 0.717) is 4.88 Å². The van der Waals surface area contributed by atoms with Crippen molar-refractivity contribution in [2.45, 2.75) is 13.1 Å². The third-order valence-corrected chi connectivity index (χ3v) is 6.13. The highest BCUT2D eigenvalue weighted by Gasteiger charge is 2.36. The molecule has 0 aliphatic heterocycles. The number of aromatic nitrogens is 2. The molecule has 0 saturated carbocycles. The number of carbonyl (C=O) groups is 1. The highest BCUT2D eigenvalue weighted by molar-refractivity contribution is 7.21. The van der Waals surface area contributed by atoms with Crippen molar-refractivity contribution in [2.24, 2.45) is 0 Å². The molecule has 4 aromatic rings. The minimum absolute atomic E-state index is 0.0382. The van der Waals surface area contributed by atoms with Crippen LogP contribution >= 0.6 is 22.7 Å². The average molecular weight is 434 g/mol. The number of pyridine rings is 2. The molecule has 0 spiro atoms. The zero-order valence-corrected chi connectivity index (χ0v) is 16.5. The maximum absolute atomic E-state index is 13.7. The van der Waals surface area contributed by atoms with Crippen LogP contribution in [0.1, 0.15) is 20.8 Å². The second-order valence-electron chi connectivity index (χ2n) is 6.23. The average Bonchev–Trinajstić information content (AvgIpc) is 3.30. The number of halogens is 3. The topological polar surface area (TPSA) is 80.9 Å². The summed E-state index contributed by atoms with van der Waals surface area (Å²) in [4.78, 5) is 21.7. The number of hydrogen-bond donors (Lipinski definition) is 2. The van der Waals surface area contributed by atoms with Crippen LogP contribution in [0.25, 0.3) is 20.8 Å². The number of carbonyl (C=O) groups excluding carboxylic acids is 1. The number of hydrogen-bond acceptors (Lipinski definition) is 6. The summed E-state index contributed by atoms with van der Waals surface area (Å²) in [5.41, 5.74) is 5.92. The molecule has 0 aliphatic carbocycles. The van der Waals surface area contributed by atoms with Crippen molar-refractivity contribution in [3.63, 3.8) is 0 Å². The first-order chi connectivity index (χ1) is 13.7. The van der Waals surface area contributed by atoms with Gasteiger partial charge in [0.1, 0.15) is 15.5 Å². The van der Waals surface area contributed by atoms with Gasteiger partial charge in [0, 0.05) is 11.6 Å². The fourth-order valence-corrected chi connectivity index (χ4v) is 4.48. The molecule has 0 fully saturated rings. The van der Waals surface area contributed by atoms with Gasteiger partial charge in [0.2, 0.25) is 0 Å². The molecule has 1 amide bonds. The van der Waals surface area contributed by atoms with Gasteiger partial charge < -0.3 is 11.1 Å². The SMILES string of the molecule is Cc1ccc(NC(=O)c2sc3nc(-c4cccs4)cc(C(F)(F)F)c3c2N)nc1. The first-order valence-corrected chi connectivity index (χ1v) is 10.0. The molecular formula is C19H13F3N4OS2. The van der Waals surface area contributed by atoms with Crippen LogP contribution in [0, 0.1) is 6.92 Å². The predicted molar refractivity (Wildman–Crippen MR) is 109 cm³/mol. The van der Waals surface area contributed by atoms with E-state index < -0.39 is 17.6 Å². The van der Waals surface area contributed by atoms with Crippen molar-refractivity contribution in [3.8, 4) is 10.6 Å². The quantitative estimate of drug-likeness (QED) is 0.441. The van der Waals surface area contributed by atoms with E-state index in [1.807, 2.05) is 6.92 Å². The zero-order chi connectivity index (χ0) is 20.8. The number of nitrogens with two attached hydrogens (primary N) is 1. The summed E-state index contributed by atoms with van der Waals surface area (Å²) in [6, 6.07) is 7.75. The zero-order valence-electron chi connectivity index (χ0n) is 14.9. The molecule has 148 valence electrons. The van der Waals surface area contributed by atoms with Crippen molar-refractivity contribution in [2.75, 3.05) is 11.1 Å². The van der Waals surface area contributed by atoms with E-state index in [0.717, 1.165) is 23.0 Å². The molecule has 0 saturated heterocycles. The number of nitrogen functional groups attached to an aromatic ring is 1. The Kier molecular flexibility index (Phi) is 4.75. The summed E-state index contributed by atoms with van der Waals surface area (Å²) >= 11 is 2.10. The van der Waals surface area contributed by atoms with Gasteiger partial charge in [0.05, 0.1) is 21.8 Å². The molecule has 0 aliphatic rings. The van der Waals surface area contributed by atoms with Gasteiger partial charge in [-0.1, -0.05) is 12.1 Å². The van der Waals surface area contributed by atoms with Gasteiger partial charge in [-0.3, -0.25) is 4.79 Å². The Balaban J connectivity index is 1.83. The molecule has 0 atom stereocenters. The summed E-state index contributed by atoms with van der Waals surface area (Å²) in [6.07, 6.45) is -3.07. The van der Waals surface area contributed by atoms with Crippen LogP contribution < -0.4 is 11.1 Å². The maximum atomic E-state index is 13.7. The van der Waals surface area contributed by atoms with Gasteiger partial charge in [0.15, 0.2) is 0 Å². The highest BCUT2D eigenvalue weighted by atomic mass is 32.1. The third kappa shape index (κ3) is 3.68. The van der Waals surface area contributed by atoms with Crippen LogP contribution in [0.4, 0.5) is 24.7 Å². The number of nitrogens with one attached hydrogen (secondary N) is 1. The summed E-state index contributed by atoms with van der Waals surface area (Å²) in [5, 5.41) is 4.06. The molecule has 4 heterocycles. The summed E-state index contributed by atoms with van der Waals surface area (Å²) < 4.78 is 41.2. The van der Waals surface area contributed by atoms with E-state index in [-0.39, 0.29) is 32.3 Å². The molecule has 29 heavy (non-hydrogen) atoms. The molecule has 0 radical (unpaired) electrons. The second kappa shape index (κ2) is 7.12. The summed E-state index contributed by atoms with van der Waals surface area (Å²) in [7, 11) is 0. The van der Waals surface area contributed by atoms with Crippen LogP contribution in [-0.2, 0) is 6.18 Å². The van der Waals surface area contributed by atoms with E-state index >= 15 is 0 Å². The monoisotopic (exact) mass is 434 g/mol. The van der Waals surface area contributed by atoms with Gasteiger partial charge in [-0.25, -0.2) is 9.97 Å². The number of nitrogens with zero attached hydrogens (tertiary/aromatic N) is 2. The number of amides is 1. The Hall–Kier alpha value is -2.98. The van der Waals surface area contributed by atoms with Crippen molar-refractivity contribution in [1.29, 1.82) is 0 Å². The molecule has 0 bridgehead atoms. The van der Waals surface area contributed by atoms with Gasteiger partial charge in [0.25, 0.3) is 5.91 Å². The molecule has 3 N–H and O–H groups in total. The Morgan fingerprint density at radius 3 is 2.66 bits per heavy atom. The number of rotatable bonds is 3. The Morgan fingerprint density at radius 2 is 2.03 bits per heavy atom. The first kappa shape index (κ1) is 19.3. The van der Waals surface area contributed by atoms with E-state index in [1.165, 1.54) is 11.3 Å². The summed E-state index contributed by atoms with van der Waals surface area (Å²) in [5.74, 6) is -0.353. The van der Waals surface area contributed by atoms with E-state index in [2.05, 4.69) is 15.3 Å². The fraction of sp³-hybridized carbons (Fsp3) is 0.105. The maximum Gasteiger partial charge on any atom is 0.417 e. The lowest BCUT2D eigenvalue weighted by Gasteiger charge is -2.10. The number of aryl methyl sites for hydroxylation is 1. The minimum atomic E-state index is -4.64. The standard InChI is InChI=1S/C19H13F3N4OS2/c1-9-4-5-13(24-8-9)26-17(27)16-15(23)14-10(19(20,21)22)7-11(25-18(14)29-16)12-3-2-6-28-12/h2-8H,23H2,1H3,(H,24,26,27). The lowest BCUT2D eigenvalue weighted by atomic mass is 10.1. The second-order valence-corrected chi connectivity index (χ2v) is 8.18. The number of fused-ring (bicyclic) bond motifs is 1. The smallest absolute Gasteiger partial charge is 0.397 e. The first-order valence-electron chi connectivity index (χ1n) is 8.32. The lowest BCUT2D eigenvalue weighted by molar-refractivity contribution is -0.136. The van der Waals surface area contributed by atoms with E-state index in [1.54, 1.807) is 35.8 Å².